The van der Waals surface area contributed by atoms with Crippen LogP contribution < -0.4 is 10.6 Å². The number of benzene rings is 1. The lowest BCUT2D eigenvalue weighted by Crippen LogP contribution is -2.36. The van der Waals surface area contributed by atoms with Gasteiger partial charge in [0.05, 0.1) is 5.56 Å². The number of allylic oxidation sites excluding steroid dienone is 1. The number of nitrogens with one attached hydrogen (secondary N) is 2. The number of hydrogen-bond acceptors (Lipinski definition) is 5. The molecule has 0 aliphatic heterocycles. The van der Waals surface area contributed by atoms with Gasteiger partial charge in [-0.25, -0.2) is 4.79 Å². The van der Waals surface area contributed by atoms with Gasteiger partial charge in [0, 0.05) is 23.7 Å². The molecule has 1 atom stereocenters. The standard InChI is InChI=1S/C18H23N5O4/c19-23-22-13-8-9-15(16(24)12-13)17(25)20-10-11-21-18(26)27-14-6-4-2-1-3-5-7-14/h4,6,8-9,12,14,24H,1-3,5,7,10-11H2,(H,20,25)(H,21,26)/b6-4+. The van der Waals surface area contributed by atoms with E-state index in [9.17, 15) is 14.7 Å². The zero-order valence-corrected chi connectivity index (χ0v) is 14.9. The summed E-state index contributed by atoms with van der Waals surface area (Å²) < 4.78 is 5.34. The number of hydrogen-bond donors (Lipinski definition) is 3. The Labute approximate surface area is 157 Å². The molecule has 0 saturated heterocycles. The lowest BCUT2D eigenvalue weighted by atomic mass is 10.0. The second-order valence-corrected chi connectivity index (χ2v) is 6.08. The molecule has 2 rings (SSSR count). The minimum atomic E-state index is -0.527. The number of alkyl carbamates (subject to hydrolysis) is 1. The molecular formula is C18H23N5O4. The van der Waals surface area contributed by atoms with Gasteiger partial charge in [-0.1, -0.05) is 23.7 Å². The Hall–Kier alpha value is -3.19. The van der Waals surface area contributed by atoms with Crippen LogP contribution in [0.3, 0.4) is 0 Å². The molecule has 1 aliphatic rings. The monoisotopic (exact) mass is 373 g/mol. The predicted molar refractivity (Wildman–Crippen MR) is 99.7 cm³/mol. The van der Waals surface area contributed by atoms with Crippen LogP contribution in [0.25, 0.3) is 10.4 Å². The van der Waals surface area contributed by atoms with Gasteiger partial charge in [-0.05, 0) is 49.4 Å². The summed E-state index contributed by atoms with van der Waals surface area (Å²) in [7, 11) is 0. The summed E-state index contributed by atoms with van der Waals surface area (Å²) in [5.41, 5.74) is 8.61. The first kappa shape index (κ1) is 20.1. The van der Waals surface area contributed by atoms with Crippen molar-refractivity contribution < 1.29 is 19.4 Å². The summed E-state index contributed by atoms with van der Waals surface area (Å²) in [4.78, 5) is 26.5. The molecule has 1 unspecified atom stereocenters. The molecule has 0 bridgehead atoms. The third-order valence-electron chi connectivity index (χ3n) is 4.03. The summed E-state index contributed by atoms with van der Waals surface area (Å²) in [6.45, 7) is 0.366. The molecule has 3 N–H and O–H groups in total. The summed E-state index contributed by atoms with van der Waals surface area (Å²) in [5.74, 6) is -0.793. The lowest BCUT2D eigenvalue weighted by Gasteiger charge is -2.16. The molecule has 1 aliphatic carbocycles. The zero-order chi connectivity index (χ0) is 19.5. The van der Waals surface area contributed by atoms with Crippen molar-refractivity contribution in [2.75, 3.05) is 13.1 Å². The van der Waals surface area contributed by atoms with Crippen molar-refractivity contribution in [1.29, 1.82) is 0 Å². The predicted octanol–water partition coefficient (Wildman–Crippen LogP) is 3.68. The van der Waals surface area contributed by atoms with Gasteiger partial charge in [0.1, 0.15) is 11.9 Å². The van der Waals surface area contributed by atoms with Gasteiger partial charge >= 0.3 is 6.09 Å². The van der Waals surface area contributed by atoms with E-state index < -0.39 is 12.0 Å². The van der Waals surface area contributed by atoms with Crippen LogP contribution >= 0.6 is 0 Å². The van der Waals surface area contributed by atoms with Crippen molar-refractivity contribution >= 4 is 17.7 Å². The topological polar surface area (TPSA) is 136 Å². The zero-order valence-electron chi connectivity index (χ0n) is 14.9. The molecule has 0 aromatic heterocycles. The van der Waals surface area contributed by atoms with Crippen molar-refractivity contribution in [3.63, 3.8) is 0 Å². The minimum absolute atomic E-state index is 0.0501. The molecule has 2 amide bonds. The van der Waals surface area contributed by atoms with Crippen molar-refractivity contribution in [3.05, 3.63) is 46.4 Å². The van der Waals surface area contributed by atoms with Crippen molar-refractivity contribution in [1.82, 2.24) is 10.6 Å². The molecule has 144 valence electrons. The van der Waals surface area contributed by atoms with Crippen LogP contribution in [0, 0.1) is 0 Å². The quantitative estimate of drug-likeness (QED) is 0.230. The van der Waals surface area contributed by atoms with Crippen LogP contribution in [0.4, 0.5) is 10.5 Å². The number of aromatic hydroxyl groups is 1. The first-order chi connectivity index (χ1) is 13.1. The Morgan fingerprint density at radius 3 is 2.85 bits per heavy atom. The van der Waals surface area contributed by atoms with Crippen molar-refractivity contribution in [3.8, 4) is 5.75 Å². The van der Waals surface area contributed by atoms with E-state index in [-0.39, 0.29) is 36.2 Å². The SMILES string of the molecule is [N-]=[N+]=Nc1ccc(C(=O)NCCNC(=O)OC2/C=C/CCCCC2)c(O)c1. The van der Waals surface area contributed by atoms with Crippen LogP contribution in [-0.2, 0) is 4.74 Å². The molecule has 1 aromatic carbocycles. The molecule has 0 spiro atoms. The summed E-state index contributed by atoms with van der Waals surface area (Å²) in [6, 6.07) is 3.98. The molecule has 9 nitrogen and oxygen atoms in total. The number of ether oxygens (including phenoxy) is 1. The van der Waals surface area contributed by atoms with Gasteiger partial charge in [0.15, 0.2) is 0 Å². The Bertz CT molecular complexity index is 743. The second kappa shape index (κ2) is 10.7. The van der Waals surface area contributed by atoms with E-state index in [1.807, 2.05) is 12.2 Å². The maximum atomic E-state index is 12.0. The number of carbonyl (C=O) groups excluding carboxylic acids is 2. The molecular weight excluding hydrogens is 350 g/mol. The summed E-state index contributed by atoms with van der Waals surface area (Å²) in [6.07, 6.45) is 8.36. The lowest BCUT2D eigenvalue weighted by molar-refractivity contribution is 0.0945. The highest BCUT2D eigenvalue weighted by molar-refractivity contribution is 5.97. The fraction of sp³-hybridized carbons (Fsp3) is 0.444. The van der Waals surface area contributed by atoms with Crippen molar-refractivity contribution in [2.45, 2.75) is 38.2 Å². The summed E-state index contributed by atoms with van der Waals surface area (Å²) >= 11 is 0. The van der Waals surface area contributed by atoms with Crippen LogP contribution in [0.1, 0.15) is 42.5 Å². The second-order valence-electron chi connectivity index (χ2n) is 6.08. The van der Waals surface area contributed by atoms with Gasteiger partial charge in [-0.2, -0.15) is 0 Å². The average Bonchev–Trinajstić information content (AvgIpc) is 2.61. The number of carbonyl (C=O) groups is 2. The maximum Gasteiger partial charge on any atom is 0.407 e. The van der Waals surface area contributed by atoms with E-state index in [1.54, 1.807) is 0 Å². The van der Waals surface area contributed by atoms with Gasteiger partial charge < -0.3 is 20.5 Å². The van der Waals surface area contributed by atoms with E-state index in [2.05, 4.69) is 20.7 Å². The average molecular weight is 373 g/mol. The summed E-state index contributed by atoms with van der Waals surface area (Å²) in [5, 5.41) is 18.3. The smallest absolute Gasteiger partial charge is 0.407 e. The number of phenols is 1. The Balaban J connectivity index is 1.72. The third-order valence-corrected chi connectivity index (χ3v) is 4.03. The number of nitrogens with zero attached hydrogens (tertiary/aromatic N) is 3. The van der Waals surface area contributed by atoms with E-state index in [0.717, 1.165) is 25.7 Å². The van der Waals surface area contributed by atoms with Crippen molar-refractivity contribution in [2.24, 2.45) is 5.11 Å². The number of amides is 2. The van der Waals surface area contributed by atoms with E-state index >= 15 is 0 Å². The van der Waals surface area contributed by atoms with E-state index in [1.165, 1.54) is 24.6 Å². The maximum absolute atomic E-state index is 12.0. The van der Waals surface area contributed by atoms with Gasteiger partial charge in [0.2, 0.25) is 0 Å². The molecule has 0 fully saturated rings. The van der Waals surface area contributed by atoms with Crippen LogP contribution in [-0.4, -0.2) is 36.3 Å². The van der Waals surface area contributed by atoms with Gasteiger partial charge in [-0.15, -0.1) is 0 Å². The van der Waals surface area contributed by atoms with Gasteiger partial charge in [0.25, 0.3) is 5.91 Å². The fourth-order valence-corrected chi connectivity index (χ4v) is 2.67. The highest BCUT2D eigenvalue weighted by Gasteiger charge is 2.13. The number of azide groups is 1. The van der Waals surface area contributed by atoms with E-state index in [0.29, 0.717) is 0 Å². The first-order valence-electron chi connectivity index (χ1n) is 8.87. The molecule has 9 heteroatoms. The Morgan fingerprint density at radius 2 is 2.07 bits per heavy atom. The largest absolute Gasteiger partial charge is 0.507 e. The highest BCUT2D eigenvalue weighted by atomic mass is 16.6. The molecule has 0 radical (unpaired) electrons. The molecule has 27 heavy (non-hydrogen) atoms. The highest BCUT2D eigenvalue weighted by Crippen LogP contribution is 2.23. The third kappa shape index (κ3) is 6.91. The van der Waals surface area contributed by atoms with E-state index in [4.69, 9.17) is 10.3 Å². The number of rotatable bonds is 6. The number of phenolic OH excluding ortho intramolecular Hbond substituents is 1. The molecule has 0 saturated carbocycles. The van der Waals surface area contributed by atoms with Crippen LogP contribution in [0.2, 0.25) is 0 Å². The molecule has 0 heterocycles. The normalized spacial score (nSPS) is 17.6. The van der Waals surface area contributed by atoms with Gasteiger partial charge in [-0.3, -0.25) is 4.79 Å². The molecule has 1 aromatic rings. The minimum Gasteiger partial charge on any atom is -0.507 e. The first-order valence-corrected chi connectivity index (χ1v) is 8.87. The Morgan fingerprint density at radius 1 is 1.26 bits per heavy atom. The Kier molecular flexibility index (Phi) is 7.99. The fourth-order valence-electron chi connectivity index (χ4n) is 2.67. The van der Waals surface area contributed by atoms with Crippen LogP contribution in [0.15, 0.2) is 35.5 Å². The van der Waals surface area contributed by atoms with Crippen LogP contribution in [0.5, 0.6) is 5.75 Å².